The molecule has 5 heteroatoms. The minimum Gasteiger partial charge on any atom is -0.505 e. The maximum Gasteiger partial charge on any atom is 0.169 e. The van der Waals surface area contributed by atoms with Gasteiger partial charge in [-0.2, -0.15) is 0 Å². The van der Waals surface area contributed by atoms with Crippen molar-refractivity contribution in [3.05, 3.63) is 94.5 Å². The molecule has 0 aliphatic rings. The fraction of sp³-hybridized carbons (Fsp3) is 0.172. The zero-order valence-electron chi connectivity index (χ0n) is 20.0. The number of ether oxygens (including phenoxy) is 1. The number of hydrogen-bond donors (Lipinski definition) is 3. The van der Waals surface area contributed by atoms with Gasteiger partial charge < -0.3 is 20.1 Å². The molecule has 34 heavy (non-hydrogen) atoms. The summed E-state index contributed by atoms with van der Waals surface area (Å²) in [6, 6.07) is 20.3. The predicted molar refractivity (Wildman–Crippen MR) is 136 cm³/mol. The van der Waals surface area contributed by atoms with Crippen LogP contribution in [0.4, 0.5) is 17.1 Å². The first kappa shape index (κ1) is 23.1. The van der Waals surface area contributed by atoms with Gasteiger partial charge in [-0.1, -0.05) is 48.5 Å². The lowest BCUT2D eigenvalue weighted by atomic mass is 10.0. The highest BCUT2D eigenvalue weighted by Crippen LogP contribution is 2.51. The summed E-state index contributed by atoms with van der Waals surface area (Å²) in [6.45, 7) is 9.32. The van der Waals surface area contributed by atoms with Gasteiger partial charge in [0, 0.05) is 0 Å². The van der Waals surface area contributed by atoms with Crippen LogP contribution in [0.1, 0.15) is 27.8 Å². The van der Waals surface area contributed by atoms with E-state index in [9.17, 15) is 15.3 Å². The van der Waals surface area contributed by atoms with Crippen LogP contribution in [-0.4, -0.2) is 15.3 Å². The van der Waals surface area contributed by atoms with Crippen molar-refractivity contribution in [3.63, 3.8) is 0 Å². The van der Waals surface area contributed by atoms with E-state index in [-0.39, 0.29) is 17.2 Å². The highest BCUT2D eigenvalue weighted by atomic mass is 16.5. The zero-order chi connectivity index (χ0) is 24.6. The quantitative estimate of drug-likeness (QED) is 0.289. The van der Waals surface area contributed by atoms with Gasteiger partial charge >= 0.3 is 0 Å². The zero-order valence-corrected chi connectivity index (χ0v) is 20.0. The second kappa shape index (κ2) is 9.02. The van der Waals surface area contributed by atoms with Gasteiger partial charge in [-0.15, -0.1) is 0 Å². The van der Waals surface area contributed by atoms with Crippen molar-refractivity contribution < 1.29 is 20.1 Å². The molecule has 0 saturated heterocycles. The van der Waals surface area contributed by atoms with Crippen molar-refractivity contribution in [2.75, 3.05) is 4.90 Å². The number of rotatable bonds is 5. The Hall–Kier alpha value is -4.12. The molecule has 0 amide bonds. The molecule has 0 aliphatic heterocycles. The number of aromatic hydroxyl groups is 3. The average molecular weight is 456 g/mol. The van der Waals surface area contributed by atoms with E-state index < -0.39 is 0 Å². The van der Waals surface area contributed by atoms with Gasteiger partial charge in [0.15, 0.2) is 17.2 Å². The maximum absolute atomic E-state index is 11.2. The number of para-hydroxylation sites is 3. The Bertz CT molecular complexity index is 1320. The molecule has 4 aromatic rings. The Morgan fingerprint density at radius 1 is 0.500 bits per heavy atom. The fourth-order valence-corrected chi connectivity index (χ4v) is 4.04. The fourth-order valence-electron chi connectivity index (χ4n) is 4.04. The van der Waals surface area contributed by atoms with Crippen LogP contribution in [0.2, 0.25) is 0 Å². The highest BCUT2D eigenvalue weighted by Gasteiger charge is 2.27. The third-order valence-corrected chi connectivity index (χ3v) is 6.08. The normalized spacial score (nSPS) is 10.9. The summed E-state index contributed by atoms with van der Waals surface area (Å²) in [5, 5.41) is 32.9. The molecular weight excluding hydrogens is 426 g/mol. The molecule has 0 aliphatic carbocycles. The van der Waals surface area contributed by atoms with Crippen LogP contribution < -0.4 is 9.64 Å². The summed E-state index contributed by atoms with van der Waals surface area (Å²) < 4.78 is 6.21. The highest BCUT2D eigenvalue weighted by molar-refractivity contribution is 5.89. The van der Waals surface area contributed by atoms with Gasteiger partial charge in [0.2, 0.25) is 0 Å². The lowest BCUT2D eigenvalue weighted by Gasteiger charge is -2.31. The monoisotopic (exact) mass is 455 g/mol. The molecule has 0 aromatic heterocycles. The molecule has 4 rings (SSSR count). The molecule has 0 atom stereocenters. The van der Waals surface area contributed by atoms with Crippen LogP contribution in [0, 0.1) is 34.6 Å². The van der Waals surface area contributed by atoms with Crippen molar-refractivity contribution in [2.24, 2.45) is 0 Å². The van der Waals surface area contributed by atoms with E-state index in [1.165, 1.54) is 0 Å². The first-order valence-electron chi connectivity index (χ1n) is 11.1. The van der Waals surface area contributed by atoms with Crippen molar-refractivity contribution in [1.29, 1.82) is 0 Å². The Morgan fingerprint density at radius 3 is 1.56 bits per heavy atom. The van der Waals surface area contributed by atoms with Crippen LogP contribution >= 0.6 is 0 Å². The van der Waals surface area contributed by atoms with Gasteiger partial charge in [-0.05, 0) is 80.6 Å². The summed E-state index contributed by atoms with van der Waals surface area (Å²) >= 11 is 0. The molecule has 0 unspecified atom stereocenters. The van der Waals surface area contributed by atoms with E-state index in [2.05, 4.69) is 0 Å². The number of benzene rings is 4. The lowest BCUT2D eigenvalue weighted by molar-refractivity contribution is 0.409. The molecular formula is C29H29NO4. The van der Waals surface area contributed by atoms with E-state index in [0.717, 1.165) is 11.1 Å². The molecule has 3 N–H and O–H groups in total. The Labute approximate surface area is 200 Å². The topological polar surface area (TPSA) is 73.2 Å². The number of anilines is 3. The molecule has 0 bridgehead atoms. The third-order valence-electron chi connectivity index (χ3n) is 6.08. The van der Waals surface area contributed by atoms with Crippen LogP contribution in [0.25, 0.3) is 0 Å². The van der Waals surface area contributed by atoms with Crippen molar-refractivity contribution >= 4 is 17.1 Å². The van der Waals surface area contributed by atoms with Crippen LogP contribution in [-0.2, 0) is 0 Å². The minimum absolute atomic E-state index is 0.0630. The second-order valence-electron chi connectivity index (χ2n) is 8.62. The van der Waals surface area contributed by atoms with Crippen molar-refractivity contribution in [3.8, 4) is 28.7 Å². The van der Waals surface area contributed by atoms with E-state index in [1.807, 2.05) is 94.1 Å². The third kappa shape index (κ3) is 4.01. The van der Waals surface area contributed by atoms with Crippen molar-refractivity contribution in [2.45, 2.75) is 34.6 Å². The Morgan fingerprint density at radius 2 is 0.971 bits per heavy atom. The largest absolute Gasteiger partial charge is 0.505 e. The number of aryl methyl sites for hydroxylation is 5. The first-order chi connectivity index (χ1) is 16.2. The van der Waals surface area contributed by atoms with E-state index in [4.69, 9.17) is 4.74 Å². The molecule has 0 saturated carbocycles. The van der Waals surface area contributed by atoms with Crippen LogP contribution in [0.3, 0.4) is 0 Å². The molecule has 4 aromatic carbocycles. The van der Waals surface area contributed by atoms with Crippen molar-refractivity contribution in [1.82, 2.24) is 0 Å². The maximum atomic E-state index is 11.2. The number of nitrogens with zero attached hydrogens (tertiary/aromatic N) is 1. The van der Waals surface area contributed by atoms with Crippen LogP contribution in [0.5, 0.6) is 28.7 Å². The SMILES string of the molecule is Cc1cccc(Oc2ccccc2N(c2c(C)ccc(C)c2O)c2c(C)ccc(C)c2O)c1O. The van der Waals surface area contributed by atoms with Gasteiger partial charge in [0.05, 0.1) is 17.1 Å². The molecule has 5 nitrogen and oxygen atoms in total. The number of hydrogen-bond acceptors (Lipinski definition) is 5. The molecule has 0 heterocycles. The molecule has 0 fully saturated rings. The Balaban J connectivity index is 2.02. The van der Waals surface area contributed by atoms with Gasteiger partial charge in [0.1, 0.15) is 11.5 Å². The lowest BCUT2D eigenvalue weighted by Crippen LogP contribution is -2.15. The van der Waals surface area contributed by atoms with Gasteiger partial charge in [0.25, 0.3) is 0 Å². The summed E-state index contributed by atoms with van der Waals surface area (Å²) in [7, 11) is 0. The van der Waals surface area contributed by atoms with E-state index in [1.54, 1.807) is 12.1 Å². The Kier molecular flexibility index (Phi) is 6.12. The predicted octanol–water partition coefficient (Wildman–Crippen LogP) is 7.61. The average Bonchev–Trinajstić information content (AvgIpc) is 2.81. The summed E-state index contributed by atoms with van der Waals surface area (Å²) in [4.78, 5) is 1.83. The summed E-state index contributed by atoms with van der Waals surface area (Å²) in [6.07, 6.45) is 0. The summed E-state index contributed by atoms with van der Waals surface area (Å²) in [5.41, 5.74) is 5.49. The van der Waals surface area contributed by atoms with Crippen LogP contribution in [0.15, 0.2) is 66.7 Å². The standard InChI is InChI=1S/C29H29NO4/c1-17-13-15-20(4)28(32)25(17)30(26-18(2)14-16-21(5)29(26)33)22-10-6-7-11-23(22)34-24-12-8-9-19(3)27(24)31/h6-16,31-33H,1-5H3. The smallest absolute Gasteiger partial charge is 0.169 e. The second-order valence-corrected chi connectivity index (χ2v) is 8.62. The molecule has 0 radical (unpaired) electrons. The molecule has 174 valence electrons. The number of phenolic OH excluding ortho intramolecular Hbond substituents is 3. The first-order valence-corrected chi connectivity index (χ1v) is 11.1. The summed E-state index contributed by atoms with van der Waals surface area (Å²) in [5.74, 6) is 1.09. The van der Waals surface area contributed by atoms with E-state index in [0.29, 0.717) is 45.3 Å². The molecule has 0 spiro atoms. The number of phenols is 3. The minimum atomic E-state index is 0.0630. The van der Waals surface area contributed by atoms with E-state index >= 15 is 0 Å². The van der Waals surface area contributed by atoms with Gasteiger partial charge in [-0.3, -0.25) is 4.90 Å². The van der Waals surface area contributed by atoms with Gasteiger partial charge in [-0.25, -0.2) is 0 Å².